The van der Waals surface area contributed by atoms with E-state index in [9.17, 15) is 0 Å². The van der Waals surface area contributed by atoms with Gasteiger partial charge in [0.15, 0.2) is 0 Å². The second kappa shape index (κ2) is 6.67. The third kappa shape index (κ3) is 2.90. The minimum absolute atomic E-state index is 0. The average Bonchev–Trinajstić information content (AvgIpc) is 2.92. The maximum Gasteiger partial charge on any atom is 0.134 e. The molecule has 0 spiro atoms. The van der Waals surface area contributed by atoms with Crippen LogP contribution in [0.15, 0.2) is 65.7 Å². The van der Waals surface area contributed by atoms with E-state index in [1.807, 2.05) is 24.3 Å². The van der Waals surface area contributed by atoms with Gasteiger partial charge in [0.25, 0.3) is 0 Å². The van der Waals surface area contributed by atoms with E-state index in [1.54, 1.807) is 11.3 Å². The molecule has 5 heteroatoms. The van der Waals surface area contributed by atoms with Crippen molar-refractivity contribution in [1.82, 2.24) is 0 Å². The Labute approximate surface area is 151 Å². The maximum atomic E-state index is 6.26. The normalized spacial score (nSPS) is 12.5. The molecule has 3 aromatic rings. The van der Waals surface area contributed by atoms with Gasteiger partial charge in [0.05, 0.1) is 16.9 Å². The van der Waals surface area contributed by atoms with Crippen LogP contribution in [0, 0.1) is 6.92 Å². The summed E-state index contributed by atoms with van der Waals surface area (Å²) in [6, 6.07) is 20.8. The van der Waals surface area contributed by atoms with Gasteiger partial charge in [0.1, 0.15) is 10.8 Å². The SMILES string of the molecule is Cc1cc2c(s1)N(Cc1ccccc1)c1ccccc1N=C2N.Cl. The van der Waals surface area contributed by atoms with Crippen molar-refractivity contribution in [2.24, 2.45) is 10.7 Å². The molecule has 4 rings (SSSR count). The van der Waals surface area contributed by atoms with E-state index >= 15 is 0 Å². The Morgan fingerprint density at radius 1 is 1.04 bits per heavy atom. The van der Waals surface area contributed by atoms with E-state index < -0.39 is 0 Å². The van der Waals surface area contributed by atoms with Gasteiger partial charge in [-0.3, -0.25) is 0 Å². The van der Waals surface area contributed by atoms with Crippen molar-refractivity contribution in [3.8, 4) is 0 Å². The first kappa shape index (κ1) is 16.6. The van der Waals surface area contributed by atoms with Crippen LogP contribution in [0.2, 0.25) is 0 Å². The molecule has 1 aromatic heterocycles. The molecule has 2 heterocycles. The average molecular weight is 356 g/mol. The van der Waals surface area contributed by atoms with Crippen molar-refractivity contribution in [3.05, 3.63) is 76.7 Å². The van der Waals surface area contributed by atoms with Crippen molar-refractivity contribution in [3.63, 3.8) is 0 Å². The second-order valence-electron chi connectivity index (χ2n) is 5.63. The highest BCUT2D eigenvalue weighted by molar-refractivity contribution is 7.16. The molecule has 0 saturated carbocycles. The molecule has 0 aliphatic carbocycles. The van der Waals surface area contributed by atoms with Crippen LogP contribution in [0.4, 0.5) is 16.4 Å². The van der Waals surface area contributed by atoms with Crippen molar-refractivity contribution < 1.29 is 0 Å². The zero-order valence-corrected chi connectivity index (χ0v) is 14.9. The highest BCUT2D eigenvalue weighted by Gasteiger charge is 2.24. The number of nitrogens with zero attached hydrogens (tertiary/aromatic N) is 2. The summed E-state index contributed by atoms with van der Waals surface area (Å²) in [7, 11) is 0. The van der Waals surface area contributed by atoms with Crippen LogP contribution >= 0.6 is 23.7 Å². The number of hydrogen-bond acceptors (Lipinski definition) is 4. The number of halogens is 1. The number of aliphatic imine (C=N–C) groups is 1. The fraction of sp³-hybridized carbons (Fsp3) is 0.105. The summed E-state index contributed by atoms with van der Waals surface area (Å²) in [5.41, 5.74) is 10.6. The fourth-order valence-corrected chi connectivity index (χ4v) is 3.92. The van der Waals surface area contributed by atoms with E-state index in [-0.39, 0.29) is 12.4 Å². The maximum absolute atomic E-state index is 6.26. The van der Waals surface area contributed by atoms with Gasteiger partial charge in [-0.25, -0.2) is 4.99 Å². The van der Waals surface area contributed by atoms with E-state index in [4.69, 9.17) is 5.73 Å². The molecule has 0 saturated heterocycles. The predicted molar refractivity (Wildman–Crippen MR) is 105 cm³/mol. The number of benzene rings is 2. The quantitative estimate of drug-likeness (QED) is 0.689. The van der Waals surface area contributed by atoms with Crippen LogP contribution in [-0.4, -0.2) is 5.84 Å². The molecule has 0 radical (unpaired) electrons. The largest absolute Gasteiger partial charge is 0.383 e. The first-order valence-electron chi connectivity index (χ1n) is 7.58. The number of hydrogen-bond donors (Lipinski definition) is 1. The molecule has 122 valence electrons. The lowest BCUT2D eigenvalue weighted by molar-refractivity contribution is 0.988. The Bertz CT molecular complexity index is 887. The van der Waals surface area contributed by atoms with Crippen molar-refractivity contribution in [2.75, 3.05) is 4.90 Å². The summed E-state index contributed by atoms with van der Waals surface area (Å²) >= 11 is 1.76. The minimum Gasteiger partial charge on any atom is -0.383 e. The minimum atomic E-state index is 0. The molecule has 24 heavy (non-hydrogen) atoms. The molecule has 1 aliphatic rings. The Morgan fingerprint density at radius 3 is 2.54 bits per heavy atom. The second-order valence-corrected chi connectivity index (χ2v) is 6.87. The fourth-order valence-electron chi connectivity index (χ4n) is 2.90. The number of thiophene rings is 1. The Balaban J connectivity index is 0.00000169. The highest BCUT2D eigenvalue weighted by atomic mass is 35.5. The number of aryl methyl sites for hydroxylation is 1. The molecule has 3 nitrogen and oxygen atoms in total. The Hall–Kier alpha value is -2.30. The number of para-hydroxylation sites is 2. The molecule has 0 atom stereocenters. The first-order valence-corrected chi connectivity index (χ1v) is 8.39. The monoisotopic (exact) mass is 355 g/mol. The van der Waals surface area contributed by atoms with Gasteiger partial charge < -0.3 is 10.6 Å². The zero-order chi connectivity index (χ0) is 15.8. The van der Waals surface area contributed by atoms with Crippen molar-refractivity contribution in [2.45, 2.75) is 13.5 Å². The molecular formula is C19H18ClN3S. The highest BCUT2D eigenvalue weighted by Crippen LogP contribution is 2.43. The number of amidine groups is 1. The molecule has 2 aromatic carbocycles. The van der Waals surface area contributed by atoms with Gasteiger partial charge in [-0.15, -0.1) is 23.7 Å². The lowest BCUT2D eigenvalue weighted by Crippen LogP contribution is -2.18. The van der Waals surface area contributed by atoms with Crippen molar-refractivity contribution in [1.29, 1.82) is 0 Å². The molecule has 0 amide bonds. The number of rotatable bonds is 2. The lowest BCUT2D eigenvalue weighted by atomic mass is 10.2. The number of anilines is 2. The Kier molecular flexibility index (Phi) is 4.60. The van der Waals surface area contributed by atoms with E-state index in [0.717, 1.165) is 28.5 Å². The molecule has 0 bridgehead atoms. The summed E-state index contributed by atoms with van der Waals surface area (Å²) in [6.45, 7) is 2.91. The number of nitrogens with two attached hydrogens (primary N) is 1. The summed E-state index contributed by atoms with van der Waals surface area (Å²) in [5, 5.41) is 1.16. The van der Waals surface area contributed by atoms with Gasteiger partial charge in [0, 0.05) is 11.4 Å². The molecular weight excluding hydrogens is 338 g/mol. The molecule has 0 unspecified atom stereocenters. The zero-order valence-electron chi connectivity index (χ0n) is 13.3. The van der Waals surface area contributed by atoms with E-state index in [0.29, 0.717) is 5.84 Å². The van der Waals surface area contributed by atoms with Crippen LogP contribution < -0.4 is 10.6 Å². The lowest BCUT2D eigenvalue weighted by Gasteiger charge is -2.24. The van der Waals surface area contributed by atoms with Gasteiger partial charge in [-0.1, -0.05) is 42.5 Å². The van der Waals surface area contributed by atoms with E-state index in [1.165, 1.54) is 10.4 Å². The number of fused-ring (bicyclic) bond motifs is 2. The van der Waals surface area contributed by atoms with Gasteiger partial charge >= 0.3 is 0 Å². The van der Waals surface area contributed by atoms with Gasteiger partial charge in [-0.2, -0.15) is 0 Å². The topological polar surface area (TPSA) is 41.6 Å². The van der Waals surface area contributed by atoms with Crippen LogP contribution in [0.1, 0.15) is 16.0 Å². The van der Waals surface area contributed by atoms with E-state index in [2.05, 4.69) is 53.2 Å². The summed E-state index contributed by atoms with van der Waals surface area (Å²) in [6.07, 6.45) is 0. The summed E-state index contributed by atoms with van der Waals surface area (Å²) < 4.78 is 0. The molecule has 1 aliphatic heterocycles. The standard InChI is InChI=1S/C19H17N3S.ClH/c1-13-11-15-18(20)21-16-9-5-6-10-17(16)22(19(15)23-13)12-14-7-3-2-4-8-14;/h2-11H,12H2,1H3,(H2,20,21);1H. The van der Waals surface area contributed by atoms with Crippen LogP contribution in [-0.2, 0) is 6.54 Å². The summed E-state index contributed by atoms with van der Waals surface area (Å²) in [4.78, 5) is 8.21. The van der Waals surface area contributed by atoms with Gasteiger partial charge in [0.2, 0.25) is 0 Å². The van der Waals surface area contributed by atoms with Crippen LogP contribution in [0.5, 0.6) is 0 Å². The Morgan fingerprint density at radius 2 is 1.75 bits per heavy atom. The first-order chi connectivity index (χ1) is 11.2. The molecule has 0 fully saturated rings. The smallest absolute Gasteiger partial charge is 0.134 e. The molecule has 2 N–H and O–H groups in total. The van der Waals surface area contributed by atoms with Crippen molar-refractivity contribution >= 4 is 46.0 Å². The van der Waals surface area contributed by atoms with Crippen LogP contribution in [0.3, 0.4) is 0 Å². The van der Waals surface area contributed by atoms with Gasteiger partial charge in [-0.05, 0) is 30.7 Å². The predicted octanol–water partition coefficient (Wildman–Crippen LogP) is 5.17. The summed E-state index contributed by atoms with van der Waals surface area (Å²) in [5.74, 6) is 0.590. The third-order valence-electron chi connectivity index (χ3n) is 3.95. The third-order valence-corrected chi connectivity index (χ3v) is 5.03. The van der Waals surface area contributed by atoms with Crippen LogP contribution in [0.25, 0.3) is 0 Å².